The third-order valence-corrected chi connectivity index (χ3v) is 6.15. The van der Waals surface area contributed by atoms with Gasteiger partial charge in [-0.3, -0.25) is 9.59 Å². The van der Waals surface area contributed by atoms with Crippen molar-refractivity contribution in [2.75, 3.05) is 31.1 Å². The lowest BCUT2D eigenvalue weighted by atomic mass is 10.0. The summed E-state index contributed by atoms with van der Waals surface area (Å²) in [4.78, 5) is 34.6. The van der Waals surface area contributed by atoms with E-state index in [0.717, 1.165) is 50.3 Å². The minimum atomic E-state index is -0.129. The number of rotatable bonds is 8. The van der Waals surface area contributed by atoms with Gasteiger partial charge in [-0.1, -0.05) is 38.1 Å². The third-order valence-electron chi connectivity index (χ3n) is 6.15. The first-order valence-electron chi connectivity index (χ1n) is 12.1. The van der Waals surface area contributed by atoms with Crippen molar-refractivity contribution in [3.05, 3.63) is 65.2 Å². The average Bonchev–Trinajstić information content (AvgIpc) is 2.98. The summed E-state index contributed by atoms with van der Waals surface area (Å²) >= 11 is 0. The lowest BCUT2D eigenvalue weighted by Gasteiger charge is -2.41. The molecule has 0 aromatic heterocycles. The van der Waals surface area contributed by atoms with E-state index in [2.05, 4.69) is 41.2 Å². The van der Waals surface area contributed by atoms with Crippen LogP contribution in [0.3, 0.4) is 0 Å². The number of nitrogens with two attached hydrogens (primary N) is 1. The molecule has 1 saturated heterocycles. The van der Waals surface area contributed by atoms with Crippen molar-refractivity contribution in [3.8, 4) is 0 Å². The molecule has 34 heavy (non-hydrogen) atoms. The molecule has 2 heterocycles. The Kier molecular flexibility index (Phi) is 7.30. The molecule has 2 aliphatic heterocycles. The molecule has 178 valence electrons. The van der Waals surface area contributed by atoms with Crippen LogP contribution in [0, 0.1) is 0 Å². The van der Waals surface area contributed by atoms with Gasteiger partial charge in [0.25, 0.3) is 5.91 Å². The van der Waals surface area contributed by atoms with E-state index in [1.165, 1.54) is 0 Å². The molecular formula is C27H33N5O2. The highest BCUT2D eigenvalue weighted by molar-refractivity contribution is 6.06. The molecule has 1 fully saturated rings. The Hall–Kier alpha value is -3.61. The van der Waals surface area contributed by atoms with Gasteiger partial charge >= 0.3 is 0 Å². The van der Waals surface area contributed by atoms with Crippen LogP contribution in [0.5, 0.6) is 0 Å². The second-order valence-electron chi connectivity index (χ2n) is 8.93. The quantitative estimate of drug-likeness (QED) is 0.629. The zero-order valence-electron chi connectivity index (χ0n) is 20.0. The van der Waals surface area contributed by atoms with Crippen LogP contribution in [0.1, 0.15) is 49.0 Å². The van der Waals surface area contributed by atoms with Crippen LogP contribution in [0.4, 0.5) is 11.4 Å². The Morgan fingerprint density at radius 1 is 1.09 bits per heavy atom. The smallest absolute Gasteiger partial charge is 0.251 e. The van der Waals surface area contributed by atoms with Gasteiger partial charge in [0, 0.05) is 55.0 Å². The Bertz CT molecular complexity index is 1100. The third kappa shape index (κ3) is 5.30. The monoisotopic (exact) mass is 459 g/mol. The van der Waals surface area contributed by atoms with Crippen LogP contribution in [0.25, 0.3) is 6.08 Å². The fourth-order valence-electron chi connectivity index (χ4n) is 4.42. The summed E-state index contributed by atoms with van der Waals surface area (Å²) in [5, 5.41) is 3.10. The number of aliphatic imine (C=N–C) groups is 1. The van der Waals surface area contributed by atoms with Crippen molar-refractivity contribution in [2.45, 2.75) is 39.2 Å². The SMILES string of the molecule is CCCN(CCC)C(=O)C1=Cc2ccc(C(=O)NC3CN(c4ccccc4)C3)cc2N=C(N)C1. The van der Waals surface area contributed by atoms with Crippen LogP contribution in [-0.2, 0) is 4.79 Å². The molecular weight excluding hydrogens is 426 g/mol. The maximum Gasteiger partial charge on any atom is 0.251 e. The summed E-state index contributed by atoms with van der Waals surface area (Å²) in [6, 6.07) is 15.7. The first-order valence-corrected chi connectivity index (χ1v) is 12.1. The predicted octanol–water partition coefficient (Wildman–Crippen LogP) is 3.73. The standard InChI is InChI=1S/C27H33N5O2/c1-3-12-31(13-4-2)27(34)21-14-19-10-11-20(15-24(19)30-25(28)16-21)26(33)29-22-17-32(18-22)23-8-6-5-7-9-23/h5-11,14-15,22H,3-4,12-13,16-18H2,1-2H3,(H2,28,30)(H,29,33). The minimum absolute atomic E-state index is 0.00414. The van der Waals surface area contributed by atoms with Gasteiger partial charge < -0.3 is 20.9 Å². The number of amides is 2. The number of carbonyl (C=O) groups is 2. The van der Waals surface area contributed by atoms with Crippen molar-refractivity contribution >= 4 is 35.1 Å². The zero-order valence-corrected chi connectivity index (χ0v) is 20.0. The Labute approximate surface area is 201 Å². The number of para-hydroxylation sites is 1. The second kappa shape index (κ2) is 10.5. The summed E-state index contributed by atoms with van der Waals surface area (Å²) in [5.41, 5.74) is 9.91. The van der Waals surface area contributed by atoms with Crippen LogP contribution in [0.15, 0.2) is 59.1 Å². The summed E-state index contributed by atoms with van der Waals surface area (Å²) in [6.45, 7) is 7.14. The molecule has 0 aliphatic carbocycles. The number of carbonyl (C=O) groups excluding carboxylic acids is 2. The van der Waals surface area contributed by atoms with Gasteiger partial charge in [0.05, 0.1) is 11.7 Å². The lowest BCUT2D eigenvalue weighted by Crippen LogP contribution is -2.59. The highest BCUT2D eigenvalue weighted by Crippen LogP contribution is 2.29. The van der Waals surface area contributed by atoms with Gasteiger partial charge in [0.15, 0.2) is 0 Å². The van der Waals surface area contributed by atoms with E-state index in [1.807, 2.05) is 35.2 Å². The molecule has 0 spiro atoms. The van der Waals surface area contributed by atoms with E-state index in [4.69, 9.17) is 5.73 Å². The largest absolute Gasteiger partial charge is 0.387 e. The maximum atomic E-state index is 13.1. The summed E-state index contributed by atoms with van der Waals surface area (Å²) in [6.07, 6.45) is 3.98. The predicted molar refractivity (Wildman–Crippen MR) is 137 cm³/mol. The molecule has 7 heteroatoms. The number of benzene rings is 2. The Morgan fingerprint density at radius 3 is 2.47 bits per heavy atom. The van der Waals surface area contributed by atoms with Gasteiger partial charge in [-0.25, -0.2) is 4.99 Å². The zero-order chi connectivity index (χ0) is 24.1. The number of fused-ring (bicyclic) bond motifs is 1. The summed E-state index contributed by atoms with van der Waals surface area (Å²) < 4.78 is 0. The summed E-state index contributed by atoms with van der Waals surface area (Å²) in [7, 11) is 0. The maximum absolute atomic E-state index is 13.1. The molecule has 4 rings (SSSR count). The number of nitrogens with one attached hydrogen (secondary N) is 1. The number of anilines is 1. The molecule has 2 aromatic rings. The fraction of sp³-hybridized carbons (Fsp3) is 0.370. The van der Waals surface area contributed by atoms with Crippen LogP contribution in [0.2, 0.25) is 0 Å². The Morgan fingerprint density at radius 2 is 1.79 bits per heavy atom. The summed E-state index contributed by atoms with van der Waals surface area (Å²) in [5.74, 6) is 0.252. The molecule has 7 nitrogen and oxygen atoms in total. The van der Waals surface area contributed by atoms with Gasteiger partial charge in [0.1, 0.15) is 5.84 Å². The number of hydrogen-bond donors (Lipinski definition) is 2. The van der Waals surface area contributed by atoms with E-state index in [9.17, 15) is 9.59 Å². The molecule has 0 saturated carbocycles. The topological polar surface area (TPSA) is 91.0 Å². The minimum Gasteiger partial charge on any atom is -0.387 e. The Balaban J connectivity index is 1.46. The molecule has 0 atom stereocenters. The van der Waals surface area contributed by atoms with Crippen molar-refractivity contribution in [1.29, 1.82) is 0 Å². The van der Waals surface area contributed by atoms with Crippen molar-refractivity contribution in [3.63, 3.8) is 0 Å². The van der Waals surface area contributed by atoms with Gasteiger partial charge in [-0.05, 0) is 43.2 Å². The van der Waals surface area contributed by atoms with Gasteiger partial charge in [-0.2, -0.15) is 0 Å². The number of nitrogens with zero attached hydrogens (tertiary/aromatic N) is 3. The molecule has 2 aliphatic rings. The van der Waals surface area contributed by atoms with E-state index < -0.39 is 0 Å². The molecule has 0 bridgehead atoms. The molecule has 2 amide bonds. The van der Waals surface area contributed by atoms with E-state index in [1.54, 1.807) is 12.1 Å². The van der Waals surface area contributed by atoms with Crippen molar-refractivity contribution in [2.24, 2.45) is 10.7 Å². The van der Waals surface area contributed by atoms with Crippen LogP contribution in [-0.4, -0.2) is 54.8 Å². The number of hydrogen-bond acceptors (Lipinski definition) is 5. The normalized spacial score (nSPS) is 15.4. The highest BCUT2D eigenvalue weighted by atomic mass is 16.2. The van der Waals surface area contributed by atoms with E-state index >= 15 is 0 Å². The first kappa shape index (κ1) is 23.5. The van der Waals surface area contributed by atoms with E-state index in [0.29, 0.717) is 29.1 Å². The van der Waals surface area contributed by atoms with Crippen LogP contribution >= 0.6 is 0 Å². The van der Waals surface area contributed by atoms with E-state index in [-0.39, 0.29) is 17.9 Å². The molecule has 2 aromatic carbocycles. The average molecular weight is 460 g/mol. The fourth-order valence-corrected chi connectivity index (χ4v) is 4.42. The second-order valence-corrected chi connectivity index (χ2v) is 8.93. The highest BCUT2D eigenvalue weighted by Gasteiger charge is 2.28. The molecule has 0 unspecified atom stereocenters. The first-order chi connectivity index (χ1) is 16.5. The van der Waals surface area contributed by atoms with Crippen molar-refractivity contribution < 1.29 is 9.59 Å². The lowest BCUT2D eigenvalue weighted by molar-refractivity contribution is -0.127. The number of amidine groups is 1. The molecule has 3 N–H and O–H groups in total. The molecule has 0 radical (unpaired) electrons. The van der Waals surface area contributed by atoms with Crippen LogP contribution < -0.4 is 16.0 Å². The van der Waals surface area contributed by atoms with Gasteiger partial charge in [0.2, 0.25) is 5.91 Å². The van der Waals surface area contributed by atoms with Gasteiger partial charge in [-0.15, -0.1) is 0 Å². The van der Waals surface area contributed by atoms with Crippen molar-refractivity contribution in [1.82, 2.24) is 10.2 Å².